The fourth-order valence-corrected chi connectivity index (χ4v) is 9.41. The fourth-order valence-electron chi connectivity index (χ4n) is 9.41. The zero-order valence-electron chi connectivity index (χ0n) is 29.3. The van der Waals surface area contributed by atoms with Gasteiger partial charge in [0.2, 0.25) is 0 Å². The molecule has 2 heteroatoms. The Hall–Kier alpha value is -5.54. The van der Waals surface area contributed by atoms with E-state index < -0.39 is 0 Å². The van der Waals surface area contributed by atoms with Gasteiger partial charge in [0.05, 0.1) is 13.2 Å². The first-order chi connectivity index (χ1) is 25.6. The van der Waals surface area contributed by atoms with Crippen LogP contribution in [-0.2, 0) is 49.7 Å². The Kier molecular flexibility index (Phi) is 8.23. The number of hydrogen-bond donors (Lipinski definition) is 2. The lowest BCUT2D eigenvalue weighted by Gasteiger charge is -2.34. The fraction of sp³-hybridized carbons (Fsp3) is 0.160. The Labute approximate surface area is 306 Å². The van der Waals surface area contributed by atoms with Gasteiger partial charge in [-0.2, -0.15) is 0 Å². The summed E-state index contributed by atoms with van der Waals surface area (Å²) in [6, 6.07) is 62.3. The van der Waals surface area contributed by atoms with Crippen LogP contribution in [0.25, 0.3) is 22.3 Å². The second-order valence-electron chi connectivity index (χ2n) is 14.8. The summed E-state index contributed by atoms with van der Waals surface area (Å²) in [5, 5.41) is 19.5. The maximum atomic E-state index is 9.73. The van der Waals surface area contributed by atoms with Gasteiger partial charge in [-0.3, -0.25) is 0 Å². The van der Waals surface area contributed by atoms with Crippen molar-refractivity contribution >= 4 is 0 Å². The van der Waals surface area contributed by atoms with E-state index in [0.717, 1.165) is 36.8 Å². The Balaban J connectivity index is 1.11. The molecule has 2 aliphatic rings. The van der Waals surface area contributed by atoms with Crippen molar-refractivity contribution in [2.45, 2.75) is 49.7 Å². The van der Waals surface area contributed by atoms with Gasteiger partial charge in [0.15, 0.2) is 0 Å². The van der Waals surface area contributed by atoms with Crippen LogP contribution in [0, 0.1) is 0 Å². The van der Waals surface area contributed by atoms with Gasteiger partial charge in [0, 0.05) is 10.8 Å². The van der Waals surface area contributed by atoms with Crippen LogP contribution in [-0.4, -0.2) is 10.2 Å². The zero-order valence-corrected chi connectivity index (χ0v) is 29.3. The smallest absolute Gasteiger partial charge is 0.0681 e. The molecule has 9 rings (SSSR count). The Bertz CT molecular complexity index is 2110. The summed E-state index contributed by atoms with van der Waals surface area (Å²) in [5.41, 5.74) is 17.5. The van der Waals surface area contributed by atoms with E-state index in [1.165, 1.54) is 66.8 Å². The molecule has 2 N–H and O–H groups in total. The molecule has 7 aromatic rings. The predicted octanol–water partition coefficient (Wildman–Crippen LogP) is 10.2. The van der Waals surface area contributed by atoms with Crippen LogP contribution in [0.15, 0.2) is 170 Å². The van der Waals surface area contributed by atoms with Crippen LogP contribution in [0.3, 0.4) is 0 Å². The van der Waals surface area contributed by atoms with Crippen LogP contribution in [0.4, 0.5) is 0 Å². The molecule has 0 aliphatic heterocycles. The zero-order chi connectivity index (χ0) is 35.1. The molecule has 0 bridgehead atoms. The molecule has 0 aromatic heterocycles. The molecule has 0 saturated heterocycles. The van der Waals surface area contributed by atoms with Crippen LogP contribution >= 0.6 is 0 Å². The number of aliphatic hydroxyl groups is 2. The second kappa shape index (κ2) is 13.2. The monoisotopic (exact) mass is 674 g/mol. The molecule has 0 heterocycles. The van der Waals surface area contributed by atoms with Crippen molar-refractivity contribution in [1.29, 1.82) is 0 Å². The van der Waals surface area contributed by atoms with Crippen molar-refractivity contribution in [3.63, 3.8) is 0 Å². The van der Waals surface area contributed by atoms with Crippen molar-refractivity contribution in [3.05, 3.63) is 225 Å². The summed E-state index contributed by atoms with van der Waals surface area (Å²) < 4.78 is 0. The number of fused-ring (bicyclic) bond motifs is 6. The summed E-state index contributed by atoms with van der Waals surface area (Å²) >= 11 is 0. The van der Waals surface area contributed by atoms with Crippen LogP contribution in [0.2, 0.25) is 0 Å². The molecule has 2 nitrogen and oxygen atoms in total. The number of hydrogen-bond acceptors (Lipinski definition) is 2. The van der Waals surface area contributed by atoms with Crippen molar-refractivity contribution in [3.8, 4) is 22.3 Å². The van der Waals surface area contributed by atoms with Crippen molar-refractivity contribution in [1.82, 2.24) is 0 Å². The quantitative estimate of drug-likeness (QED) is 0.152. The number of aliphatic hydroxyl groups excluding tert-OH is 2. The van der Waals surface area contributed by atoms with E-state index in [4.69, 9.17) is 0 Å². The molecule has 0 saturated carbocycles. The lowest BCUT2D eigenvalue weighted by Crippen LogP contribution is -2.32. The molecule has 7 aromatic carbocycles. The SMILES string of the molecule is OCc1ccc(CC2(Cc3ccc(CC4(Cc5ccc(CO)cc5)c5ccccc5-c5ccccc54)cc3)c3ccccc3-c3ccccc32)cc1. The molecule has 0 atom stereocenters. The third-order valence-corrected chi connectivity index (χ3v) is 11.8. The van der Waals surface area contributed by atoms with E-state index in [-0.39, 0.29) is 24.0 Å². The summed E-state index contributed by atoms with van der Waals surface area (Å²) in [6.45, 7) is 0.107. The highest BCUT2D eigenvalue weighted by molar-refractivity contribution is 5.82. The number of rotatable bonds is 10. The molecule has 0 radical (unpaired) electrons. The Morgan fingerprint density at radius 1 is 0.269 bits per heavy atom. The van der Waals surface area contributed by atoms with Gasteiger partial charge in [-0.1, -0.05) is 170 Å². The Morgan fingerprint density at radius 2 is 0.481 bits per heavy atom. The van der Waals surface area contributed by atoms with Crippen molar-refractivity contribution in [2.75, 3.05) is 0 Å². The van der Waals surface area contributed by atoms with Crippen molar-refractivity contribution in [2.24, 2.45) is 0 Å². The lowest BCUT2D eigenvalue weighted by molar-refractivity contribution is 0.281. The molecule has 0 spiro atoms. The molecule has 0 unspecified atom stereocenters. The lowest BCUT2D eigenvalue weighted by atomic mass is 9.68. The predicted molar refractivity (Wildman–Crippen MR) is 211 cm³/mol. The summed E-state index contributed by atoms with van der Waals surface area (Å²) in [4.78, 5) is 0. The normalized spacial score (nSPS) is 14.3. The summed E-state index contributed by atoms with van der Waals surface area (Å²) in [6.07, 6.45) is 3.52. The van der Waals surface area contributed by atoms with Crippen molar-refractivity contribution < 1.29 is 10.2 Å². The van der Waals surface area contributed by atoms with Gasteiger partial charge in [-0.15, -0.1) is 0 Å². The largest absolute Gasteiger partial charge is 0.392 e. The van der Waals surface area contributed by atoms with Gasteiger partial charge >= 0.3 is 0 Å². The number of benzene rings is 7. The molecule has 2 aliphatic carbocycles. The molecule has 52 heavy (non-hydrogen) atoms. The minimum absolute atomic E-state index is 0.0535. The van der Waals surface area contributed by atoms with E-state index in [2.05, 4.69) is 170 Å². The van der Waals surface area contributed by atoms with E-state index in [0.29, 0.717) is 0 Å². The molecule has 0 amide bonds. The van der Waals surface area contributed by atoms with Gasteiger partial charge in [0.1, 0.15) is 0 Å². The minimum atomic E-state index is -0.222. The highest BCUT2D eigenvalue weighted by atomic mass is 16.3. The molecular formula is C50H42O2. The third-order valence-electron chi connectivity index (χ3n) is 11.8. The van der Waals surface area contributed by atoms with Crippen LogP contribution < -0.4 is 0 Å². The molecular weight excluding hydrogens is 633 g/mol. The second-order valence-corrected chi connectivity index (χ2v) is 14.8. The third kappa shape index (κ3) is 5.42. The van der Waals surface area contributed by atoms with Gasteiger partial charge in [-0.25, -0.2) is 0 Å². The standard InChI is InChI=1S/C50H42O2/c51-33-39-25-21-37(22-26-39)31-49(45-13-5-1-9-41(45)42-10-2-6-14-46(42)49)29-35-17-19-36(20-18-35)30-50(32-38-23-27-40(34-52)28-24-38)47-15-7-3-11-43(47)44-12-4-8-16-48(44)50/h1-28,51-52H,29-34H2. The first kappa shape index (κ1) is 32.4. The van der Waals surface area contributed by atoms with E-state index in [1.54, 1.807) is 0 Å². The van der Waals surface area contributed by atoms with Gasteiger partial charge < -0.3 is 10.2 Å². The van der Waals surface area contributed by atoms with E-state index in [9.17, 15) is 10.2 Å². The summed E-state index contributed by atoms with van der Waals surface area (Å²) in [7, 11) is 0. The van der Waals surface area contributed by atoms with Gasteiger partial charge in [-0.05, 0) is 104 Å². The average Bonchev–Trinajstić information content (AvgIpc) is 3.63. The highest BCUT2D eigenvalue weighted by Gasteiger charge is 2.44. The van der Waals surface area contributed by atoms with E-state index in [1.807, 2.05) is 0 Å². The molecule has 0 fully saturated rings. The average molecular weight is 675 g/mol. The first-order valence-corrected chi connectivity index (χ1v) is 18.4. The minimum Gasteiger partial charge on any atom is -0.392 e. The van der Waals surface area contributed by atoms with Gasteiger partial charge in [0.25, 0.3) is 0 Å². The summed E-state index contributed by atoms with van der Waals surface area (Å²) in [5.74, 6) is 0. The highest BCUT2D eigenvalue weighted by Crippen LogP contribution is 2.54. The maximum Gasteiger partial charge on any atom is 0.0681 e. The topological polar surface area (TPSA) is 40.5 Å². The first-order valence-electron chi connectivity index (χ1n) is 18.4. The molecule has 254 valence electrons. The van der Waals surface area contributed by atoms with E-state index >= 15 is 0 Å². The maximum absolute atomic E-state index is 9.73. The Morgan fingerprint density at radius 3 is 0.712 bits per heavy atom. The van der Waals surface area contributed by atoms with Crippen LogP contribution in [0.5, 0.6) is 0 Å². The van der Waals surface area contributed by atoms with Crippen LogP contribution in [0.1, 0.15) is 55.6 Å².